The molecular weight excluding hydrogens is 554 g/mol. The number of likely N-dealkylation sites (N-methyl/N-ethyl adjacent to an activating group) is 1. The van der Waals surface area contributed by atoms with Crippen LogP contribution in [0.25, 0.3) is 0 Å². The van der Waals surface area contributed by atoms with Crippen molar-refractivity contribution < 1.29 is 38.0 Å². The monoisotopic (exact) mass is 576 g/mol. The molecule has 30 heavy (non-hydrogen) atoms. The normalized spacial score (nSPS) is 21.5. The summed E-state index contributed by atoms with van der Waals surface area (Å²) in [7, 11) is 0. The van der Waals surface area contributed by atoms with E-state index in [2.05, 4.69) is 42.4 Å². The minimum Gasteiger partial charge on any atom is -1.00 e. The van der Waals surface area contributed by atoms with Crippen molar-refractivity contribution in [3.8, 4) is 5.75 Å². The molecule has 1 atom stereocenters. The molecule has 0 aliphatic carbocycles. The molecule has 0 aromatic heterocycles. The lowest BCUT2D eigenvalue weighted by Gasteiger charge is -2.16. The summed E-state index contributed by atoms with van der Waals surface area (Å²) in [5.41, 5.74) is 2.14. The van der Waals surface area contributed by atoms with E-state index in [1.165, 1.54) is 0 Å². The van der Waals surface area contributed by atoms with E-state index in [0.29, 0.717) is 5.02 Å². The summed E-state index contributed by atoms with van der Waals surface area (Å²) in [6.45, 7) is 7.98. The number of hydrogen-bond donors (Lipinski definition) is 0. The van der Waals surface area contributed by atoms with Gasteiger partial charge in [-0.3, -0.25) is 0 Å². The first-order chi connectivity index (χ1) is 14.0. The van der Waals surface area contributed by atoms with Crippen molar-refractivity contribution in [1.29, 1.82) is 0 Å². The number of hydrogen-bond acceptors (Lipinski definition) is 4. The average molecular weight is 577 g/mol. The van der Waals surface area contributed by atoms with E-state index in [4.69, 9.17) is 32.7 Å². The number of fused-ring (bicyclic) bond motifs is 2. The second-order valence-corrected chi connectivity index (χ2v) is 8.84. The SMILES string of the molecule is CCC(=CC1OC2=CC=C(Cl)SC2=[N+]1CC)C=C1Oc2ccc(Cl)cc2N1CC.[I-]. The van der Waals surface area contributed by atoms with Gasteiger partial charge in [-0.2, -0.15) is 4.58 Å². The van der Waals surface area contributed by atoms with Crippen molar-refractivity contribution in [2.24, 2.45) is 0 Å². The quantitative estimate of drug-likeness (QED) is 0.397. The Labute approximate surface area is 208 Å². The number of ether oxygens (including phenoxy) is 2. The van der Waals surface area contributed by atoms with Crippen molar-refractivity contribution in [2.75, 3.05) is 18.0 Å². The number of halogens is 3. The summed E-state index contributed by atoms with van der Waals surface area (Å²) in [5.74, 6) is 2.51. The molecule has 3 heterocycles. The molecule has 1 aromatic rings. The molecule has 0 saturated heterocycles. The van der Waals surface area contributed by atoms with Crippen molar-refractivity contribution in [1.82, 2.24) is 0 Å². The van der Waals surface area contributed by atoms with Crippen LogP contribution in [0.1, 0.15) is 27.2 Å². The molecule has 0 bridgehead atoms. The number of nitrogens with zero attached hydrogens (tertiary/aromatic N) is 2. The highest BCUT2D eigenvalue weighted by Crippen LogP contribution is 2.41. The number of allylic oxidation sites excluding steroid dienone is 4. The summed E-state index contributed by atoms with van der Waals surface area (Å²) in [6, 6.07) is 5.71. The van der Waals surface area contributed by atoms with Crippen LogP contribution >= 0.6 is 35.0 Å². The zero-order valence-corrected chi connectivity index (χ0v) is 21.5. The van der Waals surface area contributed by atoms with Crippen LogP contribution in [0.2, 0.25) is 5.02 Å². The molecule has 0 fully saturated rings. The van der Waals surface area contributed by atoms with Gasteiger partial charge in [0.2, 0.25) is 11.6 Å². The predicted octanol–water partition coefficient (Wildman–Crippen LogP) is 3.24. The largest absolute Gasteiger partial charge is 1.00 e. The highest BCUT2D eigenvalue weighted by molar-refractivity contribution is 8.18. The number of anilines is 1. The van der Waals surface area contributed by atoms with E-state index in [1.54, 1.807) is 11.8 Å². The maximum absolute atomic E-state index is 6.21. The van der Waals surface area contributed by atoms with Gasteiger partial charge in [-0.05, 0) is 68.0 Å². The lowest BCUT2D eigenvalue weighted by molar-refractivity contribution is -0.576. The Morgan fingerprint density at radius 3 is 2.73 bits per heavy atom. The van der Waals surface area contributed by atoms with E-state index >= 15 is 0 Å². The standard InChI is InChI=1S/C22H23Cl2N2O2S.HI/c1-4-14(11-20-25(5-2)16-13-15(23)7-8-17(16)27-20)12-21-26(6-3)22-18(28-21)9-10-19(24)29-22;/h7-13,21H,4-6H2,1-3H3;1H/q+1;/p-1. The molecule has 1 unspecified atom stereocenters. The molecule has 0 saturated carbocycles. The van der Waals surface area contributed by atoms with Gasteiger partial charge in [-0.25, -0.2) is 0 Å². The zero-order chi connectivity index (χ0) is 20.5. The van der Waals surface area contributed by atoms with Gasteiger partial charge in [-0.15, -0.1) is 0 Å². The molecule has 0 amide bonds. The Morgan fingerprint density at radius 2 is 2.03 bits per heavy atom. The van der Waals surface area contributed by atoms with Gasteiger partial charge in [-0.1, -0.05) is 30.1 Å². The second kappa shape index (κ2) is 10.0. The first-order valence-electron chi connectivity index (χ1n) is 9.77. The van der Waals surface area contributed by atoms with Crippen LogP contribution in [-0.2, 0) is 4.74 Å². The van der Waals surface area contributed by atoms with Gasteiger partial charge in [0, 0.05) is 23.7 Å². The third kappa shape index (κ3) is 4.56. The topological polar surface area (TPSA) is 24.7 Å². The number of rotatable bonds is 5. The van der Waals surface area contributed by atoms with E-state index in [0.717, 1.165) is 57.6 Å². The van der Waals surface area contributed by atoms with Crippen LogP contribution < -0.4 is 33.6 Å². The molecule has 1 aromatic carbocycles. The van der Waals surface area contributed by atoms with Gasteiger partial charge < -0.3 is 38.4 Å². The van der Waals surface area contributed by atoms with Crippen LogP contribution in [0.5, 0.6) is 5.75 Å². The molecule has 4 rings (SSSR count). The minimum absolute atomic E-state index is 0. The third-order valence-electron chi connectivity index (χ3n) is 5.01. The summed E-state index contributed by atoms with van der Waals surface area (Å²) in [6.07, 6.45) is 8.76. The highest BCUT2D eigenvalue weighted by atomic mass is 127. The van der Waals surface area contributed by atoms with E-state index in [1.807, 2.05) is 30.4 Å². The second-order valence-electron chi connectivity index (χ2n) is 6.74. The van der Waals surface area contributed by atoms with Crippen LogP contribution in [0.15, 0.2) is 64.1 Å². The van der Waals surface area contributed by atoms with Crippen LogP contribution in [0.4, 0.5) is 5.69 Å². The van der Waals surface area contributed by atoms with Crippen molar-refractivity contribution in [2.45, 2.75) is 33.4 Å². The summed E-state index contributed by atoms with van der Waals surface area (Å²) in [4.78, 5) is 2.13. The smallest absolute Gasteiger partial charge is 0.318 e. The van der Waals surface area contributed by atoms with Crippen LogP contribution in [-0.4, -0.2) is 28.9 Å². The number of thioether (sulfide) groups is 1. The van der Waals surface area contributed by atoms with E-state index in [-0.39, 0.29) is 30.2 Å². The highest BCUT2D eigenvalue weighted by Gasteiger charge is 2.39. The average Bonchev–Trinajstić information content (AvgIpc) is 3.23. The molecule has 0 radical (unpaired) electrons. The van der Waals surface area contributed by atoms with Gasteiger partial charge >= 0.3 is 6.23 Å². The third-order valence-corrected chi connectivity index (χ3v) is 6.56. The molecular formula is C22H23Cl2IN2O2S. The maximum Gasteiger partial charge on any atom is 0.318 e. The van der Waals surface area contributed by atoms with E-state index in [9.17, 15) is 0 Å². The van der Waals surface area contributed by atoms with Crippen molar-refractivity contribution in [3.63, 3.8) is 0 Å². The summed E-state index contributed by atoms with van der Waals surface area (Å²) >= 11 is 13.9. The lowest BCUT2D eigenvalue weighted by Crippen LogP contribution is -3.00. The first kappa shape index (κ1) is 23.6. The van der Waals surface area contributed by atoms with Crippen molar-refractivity contribution in [3.05, 3.63) is 69.1 Å². The van der Waals surface area contributed by atoms with Crippen LogP contribution in [0, 0.1) is 0 Å². The number of benzene rings is 1. The maximum atomic E-state index is 6.21. The summed E-state index contributed by atoms with van der Waals surface area (Å²) in [5, 5.41) is 1.77. The van der Waals surface area contributed by atoms with Gasteiger partial charge in [0.05, 0.1) is 10.1 Å². The Kier molecular flexibility index (Phi) is 7.87. The Morgan fingerprint density at radius 1 is 1.23 bits per heavy atom. The molecule has 0 spiro atoms. The molecule has 4 nitrogen and oxygen atoms in total. The van der Waals surface area contributed by atoms with Crippen molar-refractivity contribution >= 4 is 45.7 Å². The molecule has 3 aliphatic heterocycles. The predicted molar refractivity (Wildman–Crippen MR) is 122 cm³/mol. The summed E-state index contributed by atoms with van der Waals surface area (Å²) < 4.78 is 15.3. The molecule has 3 aliphatic rings. The zero-order valence-electron chi connectivity index (χ0n) is 17.0. The van der Waals surface area contributed by atoms with Gasteiger partial charge in [0.15, 0.2) is 5.75 Å². The van der Waals surface area contributed by atoms with Gasteiger partial charge in [0.25, 0.3) is 5.04 Å². The Balaban J connectivity index is 0.00000256. The Hall–Kier alpha value is -1.09. The minimum atomic E-state index is -0.162. The van der Waals surface area contributed by atoms with Crippen LogP contribution in [0.3, 0.4) is 0 Å². The first-order valence-corrected chi connectivity index (χ1v) is 11.3. The lowest BCUT2D eigenvalue weighted by atomic mass is 10.1. The molecule has 8 heteroatoms. The van der Waals surface area contributed by atoms with Gasteiger partial charge in [0.1, 0.15) is 6.54 Å². The molecule has 0 N–H and O–H groups in total. The fourth-order valence-corrected chi connectivity index (χ4v) is 4.89. The molecule has 160 valence electrons. The fourth-order valence-electron chi connectivity index (χ4n) is 3.55. The van der Waals surface area contributed by atoms with E-state index < -0.39 is 0 Å². The fraction of sp³-hybridized carbons (Fsp3) is 0.318. The Bertz CT molecular complexity index is 1000.